The predicted molar refractivity (Wildman–Crippen MR) is 75.7 cm³/mol. The number of aliphatic hydroxyl groups is 1. The molecule has 3 nitrogen and oxygen atoms in total. The third-order valence-corrected chi connectivity index (χ3v) is 3.74. The van der Waals surface area contributed by atoms with E-state index in [1.165, 1.54) is 4.90 Å². The average molecular weight is 267 g/mol. The molecule has 0 radical (unpaired) electrons. The minimum absolute atomic E-state index is 0.0149. The first-order valence-electron chi connectivity index (χ1n) is 6.34. The lowest BCUT2D eigenvalue weighted by Crippen LogP contribution is -2.36. The zero-order valence-electron chi connectivity index (χ0n) is 10.8. The quantitative estimate of drug-likeness (QED) is 0.562. The van der Waals surface area contributed by atoms with E-state index in [-0.39, 0.29) is 18.6 Å². The molecule has 0 bridgehead atoms. The van der Waals surface area contributed by atoms with Gasteiger partial charge in [0.15, 0.2) is 0 Å². The van der Waals surface area contributed by atoms with Gasteiger partial charge < -0.3 is 10.4 Å². The molecule has 0 heterocycles. The van der Waals surface area contributed by atoms with Gasteiger partial charge in [0.05, 0.1) is 12.6 Å². The molecule has 4 heteroatoms. The monoisotopic (exact) mass is 267 g/mol. The zero-order valence-corrected chi connectivity index (χ0v) is 11.6. The minimum Gasteiger partial charge on any atom is -0.394 e. The van der Waals surface area contributed by atoms with Crippen LogP contribution in [0.2, 0.25) is 0 Å². The molecule has 0 aliphatic rings. The second-order valence-electron chi connectivity index (χ2n) is 4.12. The number of rotatable bonds is 8. The van der Waals surface area contributed by atoms with Crippen molar-refractivity contribution in [1.82, 2.24) is 5.32 Å². The van der Waals surface area contributed by atoms with Crippen LogP contribution in [0.3, 0.4) is 0 Å². The molecule has 0 saturated carbocycles. The van der Waals surface area contributed by atoms with Gasteiger partial charge >= 0.3 is 0 Å². The molecule has 1 atom stereocenters. The molecule has 0 aliphatic carbocycles. The Hall–Kier alpha value is -1.00. The maximum atomic E-state index is 11.6. The predicted octanol–water partition coefficient (Wildman–Crippen LogP) is 2.45. The van der Waals surface area contributed by atoms with Gasteiger partial charge in [0.1, 0.15) is 0 Å². The standard InChI is InChI=1S/C14H21NO2S/c1-2-12(11-16)15-14(17)9-6-10-18-13-7-4-3-5-8-13/h3-5,7-8,12,16H,2,6,9-11H2,1H3,(H,15,17)/t12-/m0/s1. The molecule has 0 fully saturated rings. The molecular weight excluding hydrogens is 246 g/mol. The molecule has 100 valence electrons. The van der Waals surface area contributed by atoms with Gasteiger partial charge in [-0.3, -0.25) is 4.79 Å². The molecule has 1 aromatic carbocycles. The lowest BCUT2D eigenvalue weighted by molar-refractivity contribution is -0.122. The van der Waals surface area contributed by atoms with Gasteiger partial charge in [0.25, 0.3) is 0 Å². The van der Waals surface area contributed by atoms with Crippen LogP contribution >= 0.6 is 11.8 Å². The van der Waals surface area contributed by atoms with Crippen molar-refractivity contribution in [3.63, 3.8) is 0 Å². The van der Waals surface area contributed by atoms with Gasteiger partial charge in [-0.1, -0.05) is 25.1 Å². The third kappa shape index (κ3) is 6.07. The van der Waals surface area contributed by atoms with E-state index in [1.807, 2.05) is 25.1 Å². The number of benzene rings is 1. The van der Waals surface area contributed by atoms with Gasteiger partial charge in [-0.05, 0) is 30.7 Å². The van der Waals surface area contributed by atoms with Crippen molar-refractivity contribution in [2.75, 3.05) is 12.4 Å². The first kappa shape index (κ1) is 15.1. The Labute approximate surface area is 113 Å². The molecule has 0 unspecified atom stereocenters. The summed E-state index contributed by atoms with van der Waals surface area (Å²) in [4.78, 5) is 12.8. The van der Waals surface area contributed by atoms with Crippen LogP contribution in [-0.4, -0.2) is 29.4 Å². The van der Waals surface area contributed by atoms with E-state index in [2.05, 4.69) is 17.4 Å². The Bertz CT molecular complexity index is 339. The van der Waals surface area contributed by atoms with E-state index in [0.717, 1.165) is 18.6 Å². The maximum Gasteiger partial charge on any atom is 0.220 e. The minimum atomic E-state index is -0.0979. The molecule has 0 spiro atoms. The van der Waals surface area contributed by atoms with Gasteiger partial charge in [-0.15, -0.1) is 11.8 Å². The van der Waals surface area contributed by atoms with E-state index < -0.39 is 0 Å². The summed E-state index contributed by atoms with van der Waals surface area (Å²) in [5.74, 6) is 0.970. The number of carbonyl (C=O) groups is 1. The SMILES string of the molecule is CC[C@@H](CO)NC(=O)CCCSc1ccccc1. The largest absolute Gasteiger partial charge is 0.394 e. The first-order valence-corrected chi connectivity index (χ1v) is 7.33. The summed E-state index contributed by atoms with van der Waals surface area (Å²) in [5, 5.41) is 11.8. The highest BCUT2D eigenvalue weighted by Crippen LogP contribution is 2.18. The van der Waals surface area contributed by atoms with Crippen LogP contribution in [0.15, 0.2) is 35.2 Å². The number of hydrogen-bond donors (Lipinski definition) is 2. The fourth-order valence-corrected chi connectivity index (χ4v) is 2.39. The van der Waals surface area contributed by atoms with Crippen molar-refractivity contribution in [2.24, 2.45) is 0 Å². The van der Waals surface area contributed by atoms with Crippen molar-refractivity contribution in [2.45, 2.75) is 37.1 Å². The lowest BCUT2D eigenvalue weighted by atomic mass is 10.2. The summed E-state index contributed by atoms with van der Waals surface area (Å²) in [6.45, 7) is 1.97. The molecule has 0 saturated heterocycles. The summed E-state index contributed by atoms with van der Waals surface area (Å²) >= 11 is 1.76. The smallest absolute Gasteiger partial charge is 0.220 e. The molecule has 1 amide bonds. The number of carbonyl (C=O) groups excluding carboxylic acids is 1. The van der Waals surface area contributed by atoms with E-state index in [4.69, 9.17) is 5.11 Å². The van der Waals surface area contributed by atoms with Gasteiger partial charge in [-0.25, -0.2) is 0 Å². The van der Waals surface area contributed by atoms with Crippen LogP contribution in [0.25, 0.3) is 0 Å². The highest BCUT2D eigenvalue weighted by molar-refractivity contribution is 7.99. The number of amides is 1. The second-order valence-corrected chi connectivity index (χ2v) is 5.29. The molecule has 0 aliphatic heterocycles. The topological polar surface area (TPSA) is 49.3 Å². The van der Waals surface area contributed by atoms with E-state index >= 15 is 0 Å². The van der Waals surface area contributed by atoms with Crippen molar-refractivity contribution in [1.29, 1.82) is 0 Å². The molecule has 2 N–H and O–H groups in total. The lowest BCUT2D eigenvalue weighted by Gasteiger charge is -2.13. The van der Waals surface area contributed by atoms with Crippen LogP contribution in [0.5, 0.6) is 0 Å². The fraction of sp³-hybridized carbons (Fsp3) is 0.500. The van der Waals surface area contributed by atoms with Crippen molar-refractivity contribution < 1.29 is 9.90 Å². The van der Waals surface area contributed by atoms with Gasteiger partial charge in [0.2, 0.25) is 5.91 Å². The van der Waals surface area contributed by atoms with Gasteiger partial charge in [0, 0.05) is 11.3 Å². The third-order valence-electron chi connectivity index (χ3n) is 2.64. The van der Waals surface area contributed by atoms with E-state index in [1.54, 1.807) is 11.8 Å². The Morgan fingerprint density at radius 2 is 2.11 bits per heavy atom. The Balaban J connectivity index is 2.12. The van der Waals surface area contributed by atoms with Crippen LogP contribution in [0, 0.1) is 0 Å². The number of hydrogen-bond acceptors (Lipinski definition) is 3. The zero-order chi connectivity index (χ0) is 13.2. The summed E-state index contributed by atoms with van der Waals surface area (Å²) in [5.41, 5.74) is 0. The molecule has 0 aromatic heterocycles. The highest BCUT2D eigenvalue weighted by atomic mass is 32.2. The Morgan fingerprint density at radius 1 is 1.39 bits per heavy atom. The van der Waals surface area contributed by atoms with Crippen LogP contribution in [-0.2, 0) is 4.79 Å². The normalized spacial score (nSPS) is 12.1. The second kappa shape index (κ2) is 9.00. The molecule has 1 rings (SSSR count). The Morgan fingerprint density at radius 3 is 2.72 bits per heavy atom. The van der Waals surface area contributed by atoms with E-state index in [0.29, 0.717) is 6.42 Å². The molecule has 1 aromatic rings. The van der Waals surface area contributed by atoms with Crippen molar-refractivity contribution in [3.8, 4) is 0 Å². The van der Waals surface area contributed by atoms with Crippen molar-refractivity contribution >= 4 is 17.7 Å². The molecule has 18 heavy (non-hydrogen) atoms. The number of aliphatic hydroxyl groups excluding tert-OH is 1. The number of thioether (sulfide) groups is 1. The maximum absolute atomic E-state index is 11.6. The summed E-state index contributed by atoms with van der Waals surface area (Å²) < 4.78 is 0. The van der Waals surface area contributed by atoms with Crippen LogP contribution in [0.1, 0.15) is 26.2 Å². The Kier molecular flexibility index (Phi) is 7.53. The average Bonchev–Trinajstić information content (AvgIpc) is 2.42. The summed E-state index contributed by atoms with van der Waals surface area (Å²) in [6, 6.07) is 10.1. The summed E-state index contributed by atoms with van der Waals surface area (Å²) in [6.07, 6.45) is 2.14. The first-order chi connectivity index (χ1) is 8.76. The summed E-state index contributed by atoms with van der Waals surface area (Å²) in [7, 11) is 0. The van der Waals surface area contributed by atoms with Crippen LogP contribution in [0.4, 0.5) is 0 Å². The number of nitrogens with one attached hydrogen (secondary N) is 1. The highest BCUT2D eigenvalue weighted by Gasteiger charge is 2.08. The van der Waals surface area contributed by atoms with Crippen LogP contribution < -0.4 is 5.32 Å². The van der Waals surface area contributed by atoms with Crippen molar-refractivity contribution in [3.05, 3.63) is 30.3 Å². The van der Waals surface area contributed by atoms with Gasteiger partial charge in [-0.2, -0.15) is 0 Å². The molecular formula is C14H21NO2S. The van der Waals surface area contributed by atoms with E-state index in [9.17, 15) is 4.79 Å². The fourth-order valence-electron chi connectivity index (χ4n) is 1.52.